The number of H-pyrrole nitrogens is 1. The van der Waals surface area contributed by atoms with Gasteiger partial charge in [0.25, 0.3) is 0 Å². The lowest BCUT2D eigenvalue weighted by Gasteiger charge is -2.08. The Labute approximate surface area is 106 Å². The summed E-state index contributed by atoms with van der Waals surface area (Å²) < 4.78 is 25.6. The zero-order valence-electron chi connectivity index (χ0n) is 10.4. The van der Waals surface area contributed by atoms with Crippen molar-refractivity contribution in [1.82, 2.24) is 20.2 Å². The SMILES string of the molecule is CC(C)CNC(=O)CCNS(=O)(=O)c1cn[nH]c1. The van der Waals surface area contributed by atoms with Crippen LogP contribution in [0.3, 0.4) is 0 Å². The molecular weight excluding hydrogens is 256 g/mol. The lowest BCUT2D eigenvalue weighted by atomic mass is 10.2. The molecule has 1 amide bonds. The second kappa shape index (κ2) is 6.50. The molecule has 0 spiro atoms. The van der Waals surface area contributed by atoms with Crippen molar-refractivity contribution in [1.29, 1.82) is 0 Å². The van der Waals surface area contributed by atoms with Crippen molar-refractivity contribution < 1.29 is 13.2 Å². The lowest BCUT2D eigenvalue weighted by molar-refractivity contribution is -0.121. The third kappa shape index (κ3) is 4.84. The molecule has 0 saturated heterocycles. The largest absolute Gasteiger partial charge is 0.356 e. The van der Waals surface area contributed by atoms with Crippen molar-refractivity contribution in [3.8, 4) is 0 Å². The Bertz CT molecular complexity index is 467. The van der Waals surface area contributed by atoms with Gasteiger partial charge in [-0.1, -0.05) is 13.8 Å². The average Bonchev–Trinajstić information content (AvgIpc) is 2.80. The van der Waals surface area contributed by atoms with Gasteiger partial charge in [-0.3, -0.25) is 9.89 Å². The monoisotopic (exact) mass is 274 g/mol. The zero-order valence-corrected chi connectivity index (χ0v) is 11.3. The van der Waals surface area contributed by atoms with Gasteiger partial charge in [-0.25, -0.2) is 13.1 Å². The van der Waals surface area contributed by atoms with E-state index >= 15 is 0 Å². The summed E-state index contributed by atoms with van der Waals surface area (Å²) in [7, 11) is -3.57. The van der Waals surface area contributed by atoms with E-state index < -0.39 is 10.0 Å². The van der Waals surface area contributed by atoms with Gasteiger partial charge < -0.3 is 5.32 Å². The molecule has 1 aromatic rings. The number of rotatable bonds is 7. The molecule has 1 rings (SSSR count). The van der Waals surface area contributed by atoms with Gasteiger partial charge in [0, 0.05) is 25.7 Å². The highest BCUT2D eigenvalue weighted by molar-refractivity contribution is 7.89. The van der Waals surface area contributed by atoms with Gasteiger partial charge in [0.1, 0.15) is 4.90 Å². The summed E-state index contributed by atoms with van der Waals surface area (Å²) >= 11 is 0. The molecule has 1 aromatic heterocycles. The summed E-state index contributed by atoms with van der Waals surface area (Å²) in [6.45, 7) is 4.63. The van der Waals surface area contributed by atoms with Crippen LogP contribution in [0.4, 0.5) is 0 Å². The van der Waals surface area contributed by atoms with Crippen molar-refractivity contribution >= 4 is 15.9 Å². The molecule has 0 aliphatic carbocycles. The molecule has 0 fully saturated rings. The van der Waals surface area contributed by atoms with Crippen LogP contribution in [0.1, 0.15) is 20.3 Å². The van der Waals surface area contributed by atoms with Crippen LogP contribution in [0.15, 0.2) is 17.3 Å². The third-order valence-electron chi connectivity index (χ3n) is 2.14. The topological polar surface area (TPSA) is 104 Å². The van der Waals surface area contributed by atoms with Crippen LogP contribution in [-0.4, -0.2) is 37.6 Å². The van der Waals surface area contributed by atoms with Crippen LogP contribution >= 0.6 is 0 Å². The van der Waals surface area contributed by atoms with Gasteiger partial charge in [0.15, 0.2) is 0 Å². The number of sulfonamides is 1. The second-order valence-electron chi connectivity index (χ2n) is 4.28. The molecule has 0 saturated carbocycles. The number of carbonyl (C=O) groups excluding carboxylic acids is 1. The minimum atomic E-state index is -3.57. The number of hydrogen-bond donors (Lipinski definition) is 3. The normalized spacial score (nSPS) is 11.7. The van der Waals surface area contributed by atoms with Gasteiger partial charge in [0.05, 0.1) is 6.20 Å². The Morgan fingerprint density at radius 1 is 1.50 bits per heavy atom. The summed E-state index contributed by atoms with van der Waals surface area (Å²) in [4.78, 5) is 11.4. The van der Waals surface area contributed by atoms with E-state index in [4.69, 9.17) is 0 Å². The molecule has 102 valence electrons. The minimum Gasteiger partial charge on any atom is -0.356 e. The van der Waals surface area contributed by atoms with E-state index in [1.165, 1.54) is 12.4 Å². The van der Waals surface area contributed by atoms with Crippen LogP contribution in [0.5, 0.6) is 0 Å². The number of hydrogen-bond acceptors (Lipinski definition) is 4. The third-order valence-corrected chi connectivity index (χ3v) is 3.56. The summed E-state index contributed by atoms with van der Waals surface area (Å²) in [5, 5.41) is 8.69. The number of amides is 1. The molecule has 1 heterocycles. The minimum absolute atomic E-state index is 0.0603. The van der Waals surface area contributed by atoms with Crippen molar-refractivity contribution in [3.63, 3.8) is 0 Å². The van der Waals surface area contributed by atoms with Gasteiger partial charge in [-0.2, -0.15) is 5.10 Å². The molecule has 0 unspecified atom stereocenters. The van der Waals surface area contributed by atoms with E-state index in [1.807, 2.05) is 13.8 Å². The predicted octanol–water partition coefficient (Wildman–Crippen LogP) is -0.150. The molecule has 0 radical (unpaired) electrons. The maximum absolute atomic E-state index is 11.6. The van der Waals surface area contributed by atoms with Crippen molar-refractivity contribution in [3.05, 3.63) is 12.4 Å². The lowest BCUT2D eigenvalue weighted by Crippen LogP contribution is -2.32. The Morgan fingerprint density at radius 3 is 2.78 bits per heavy atom. The quantitative estimate of drug-likeness (QED) is 0.643. The maximum atomic E-state index is 11.6. The Morgan fingerprint density at radius 2 is 2.22 bits per heavy atom. The first-order chi connectivity index (χ1) is 8.42. The van der Waals surface area contributed by atoms with E-state index in [0.717, 1.165) is 0 Å². The van der Waals surface area contributed by atoms with Gasteiger partial charge in [-0.15, -0.1) is 0 Å². The molecule has 0 atom stereocenters. The Balaban J connectivity index is 2.32. The van der Waals surface area contributed by atoms with Crippen molar-refractivity contribution in [2.75, 3.05) is 13.1 Å². The van der Waals surface area contributed by atoms with E-state index in [9.17, 15) is 13.2 Å². The zero-order chi connectivity index (χ0) is 13.6. The van der Waals surface area contributed by atoms with Crippen LogP contribution in [0, 0.1) is 5.92 Å². The van der Waals surface area contributed by atoms with E-state index in [0.29, 0.717) is 12.5 Å². The number of nitrogens with one attached hydrogen (secondary N) is 3. The maximum Gasteiger partial charge on any atom is 0.243 e. The van der Waals surface area contributed by atoms with Gasteiger partial charge >= 0.3 is 0 Å². The van der Waals surface area contributed by atoms with E-state index in [2.05, 4.69) is 20.2 Å². The molecule has 7 nitrogen and oxygen atoms in total. The standard InChI is InChI=1S/C10H18N4O3S/c1-8(2)5-11-10(15)3-4-14-18(16,17)9-6-12-13-7-9/h6-8,14H,3-5H2,1-2H3,(H,11,15)(H,12,13). The van der Waals surface area contributed by atoms with Crippen LogP contribution < -0.4 is 10.0 Å². The van der Waals surface area contributed by atoms with Crippen molar-refractivity contribution in [2.24, 2.45) is 5.92 Å². The Kier molecular flexibility index (Phi) is 5.29. The summed E-state index contributed by atoms with van der Waals surface area (Å²) in [6, 6.07) is 0. The number of aromatic amines is 1. The van der Waals surface area contributed by atoms with Crippen LogP contribution in [-0.2, 0) is 14.8 Å². The average molecular weight is 274 g/mol. The smallest absolute Gasteiger partial charge is 0.243 e. The fourth-order valence-corrected chi connectivity index (χ4v) is 2.11. The van der Waals surface area contributed by atoms with Crippen LogP contribution in [0.25, 0.3) is 0 Å². The van der Waals surface area contributed by atoms with Gasteiger partial charge in [0.2, 0.25) is 15.9 Å². The highest BCUT2D eigenvalue weighted by atomic mass is 32.2. The van der Waals surface area contributed by atoms with E-state index in [1.54, 1.807) is 0 Å². The van der Waals surface area contributed by atoms with Crippen molar-refractivity contribution in [2.45, 2.75) is 25.2 Å². The first kappa shape index (κ1) is 14.7. The number of aromatic nitrogens is 2. The van der Waals surface area contributed by atoms with Crippen LogP contribution in [0.2, 0.25) is 0 Å². The predicted molar refractivity (Wildman–Crippen MR) is 66.2 cm³/mol. The van der Waals surface area contributed by atoms with E-state index in [-0.39, 0.29) is 23.8 Å². The summed E-state index contributed by atoms with van der Waals surface area (Å²) in [6.07, 6.45) is 2.60. The first-order valence-electron chi connectivity index (χ1n) is 5.67. The molecule has 0 aliphatic heterocycles. The summed E-state index contributed by atoms with van der Waals surface area (Å²) in [5.74, 6) is 0.204. The highest BCUT2D eigenvalue weighted by Crippen LogP contribution is 2.03. The molecule has 8 heteroatoms. The molecule has 3 N–H and O–H groups in total. The fraction of sp³-hybridized carbons (Fsp3) is 0.600. The van der Waals surface area contributed by atoms with Gasteiger partial charge in [-0.05, 0) is 5.92 Å². The molecule has 18 heavy (non-hydrogen) atoms. The summed E-state index contributed by atoms with van der Waals surface area (Å²) in [5.41, 5.74) is 0. The fourth-order valence-electron chi connectivity index (χ4n) is 1.17. The number of carbonyl (C=O) groups is 1. The highest BCUT2D eigenvalue weighted by Gasteiger charge is 2.14. The molecule has 0 bridgehead atoms. The first-order valence-corrected chi connectivity index (χ1v) is 7.15. The Hall–Kier alpha value is -1.41. The molecule has 0 aromatic carbocycles. The molecular formula is C10H18N4O3S. The number of nitrogens with zero attached hydrogens (tertiary/aromatic N) is 1. The second-order valence-corrected chi connectivity index (χ2v) is 6.05. The molecule has 0 aliphatic rings.